The molecule has 1 aliphatic heterocycles. The number of carbonyl (C=O) groups excluding carboxylic acids is 1. The third-order valence-corrected chi connectivity index (χ3v) is 5.50. The molecule has 1 heterocycles. The van der Waals surface area contributed by atoms with Crippen molar-refractivity contribution < 1.29 is 19.2 Å². The molecule has 1 saturated heterocycles. The average molecular weight is 481 g/mol. The van der Waals surface area contributed by atoms with E-state index >= 15 is 0 Å². The minimum Gasteiger partial charge on any atom is -0.493 e. The van der Waals surface area contributed by atoms with E-state index in [0.717, 1.165) is 0 Å². The Hall–Kier alpha value is -2.43. The lowest BCUT2D eigenvalue weighted by atomic mass is 10.1. The van der Waals surface area contributed by atoms with Gasteiger partial charge in [-0.25, -0.2) is 0 Å². The summed E-state index contributed by atoms with van der Waals surface area (Å²) in [6.45, 7) is -0.000915. The Kier molecular flexibility index (Phi) is 6.32. The van der Waals surface area contributed by atoms with E-state index in [4.69, 9.17) is 21.7 Å². The zero-order valence-electron chi connectivity index (χ0n) is 14.4. The number of carbonyl (C=O) groups is 1. The first-order chi connectivity index (χ1) is 13.4. The maximum Gasteiger partial charge on any atom is 0.276 e. The number of amides is 1. The van der Waals surface area contributed by atoms with Crippen LogP contribution >= 0.6 is 39.9 Å². The first-order valence-corrected chi connectivity index (χ1v) is 9.88. The van der Waals surface area contributed by atoms with Gasteiger partial charge in [-0.2, -0.15) is 0 Å². The van der Waals surface area contributed by atoms with Crippen molar-refractivity contribution in [2.24, 2.45) is 0 Å². The molecule has 3 rings (SSSR count). The van der Waals surface area contributed by atoms with Crippen LogP contribution in [0.2, 0.25) is 0 Å². The number of methoxy groups -OCH3 is 1. The zero-order valence-corrected chi connectivity index (χ0v) is 17.7. The van der Waals surface area contributed by atoms with Gasteiger partial charge in [0.05, 0.1) is 27.0 Å². The molecule has 1 N–H and O–H groups in total. The maximum absolute atomic E-state index is 11.8. The fourth-order valence-corrected chi connectivity index (χ4v) is 4.11. The molecule has 0 atom stereocenters. The average Bonchev–Trinajstić information content (AvgIpc) is 2.97. The molecule has 0 radical (unpaired) electrons. The monoisotopic (exact) mass is 480 g/mol. The number of thioether (sulfide) groups is 1. The smallest absolute Gasteiger partial charge is 0.276 e. The normalized spacial score (nSPS) is 14.9. The number of para-hydroxylation sites is 1. The summed E-state index contributed by atoms with van der Waals surface area (Å²) >= 11 is 9.60. The van der Waals surface area contributed by atoms with Gasteiger partial charge in [-0.1, -0.05) is 36.1 Å². The number of hydrogen-bond donors (Lipinski definition) is 1. The van der Waals surface area contributed by atoms with E-state index in [2.05, 4.69) is 21.2 Å². The summed E-state index contributed by atoms with van der Waals surface area (Å²) in [6, 6.07) is 9.84. The van der Waals surface area contributed by atoms with Crippen LogP contribution in [0.1, 0.15) is 11.1 Å². The van der Waals surface area contributed by atoms with Gasteiger partial charge in [0.25, 0.3) is 11.6 Å². The van der Waals surface area contributed by atoms with Gasteiger partial charge in [-0.05, 0) is 45.8 Å². The lowest BCUT2D eigenvalue weighted by Gasteiger charge is -2.14. The Labute approximate surface area is 178 Å². The highest BCUT2D eigenvalue weighted by Gasteiger charge is 2.22. The minimum atomic E-state index is -0.449. The number of nitro groups is 1. The second kappa shape index (κ2) is 8.72. The van der Waals surface area contributed by atoms with Gasteiger partial charge in [-0.15, -0.1) is 0 Å². The number of benzene rings is 2. The summed E-state index contributed by atoms with van der Waals surface area (Å²) in [5.74, 6) is 0.578. The summed E-state index contributed by atoms with van der Waals surface area (Å²) in [7, 11) is 1.49. The van der Waals surface area contributed by atoms with E-state index in [1.165, 1.54) is 24.9 Å². The molecule has 0 saturated carbocycles. The van der Waals surface area contributed by atoms with Crippen LogP contribution in [0.25, 0.3) is 6.08 Å². The van der Waals surface area contributed by atoms with E-state index < -0.39 is 4.92 Å². The molecule has 1 fully saturated rings. The quantitative estimate of drug-likeness (QED) is 0.283. The molecular weight excluding hydrogens is 468 g/mol. The zero-order chi connectivity index (χ0) is 20.3. The number of nitrogens with zero attached hydrogens (tertiary/aromatic N) is 1. The first-order valence-electron chi connectivity index (χ1n) is 7.86. The van der Waals surface area contributed by atoms with E-state index in [-0.39, 0.29) is 18.2 Å². The topological polar surface area (TPSA) is 90.7 Å². The van der Waals surface area contributed by atoms with Crippen molar-refractivity contribution in [3.63, 3.8) is 0 Å². The maximum atomic E-state index is 11.8. The second-order valence-corrected chi connectivity index (χ2v) is 8.13. The van der Waals surface area contributed by atoms with Gasteiger partial charge in [0, 0.05) is 6.07 Å². The van der Waals surface area contributed by atoms with E-state index in [1.54, 1.807) is 36.4 Å². The van der Waals surface area contributed by atoms with Crippen molar-refractivity contribution in [1.29, 1.82) is 0 Å². The molecular formula is C18H13BrN2O5S2. The van der Waals surface area contributed by atoms with Crippen LogP contribution in [-0.2, 0) is 11.4 Å². The van der Waals surface area contributed by atoms with Crippen molar-refractivity contribution in [2.75, 3.05) is 7.11 Å². The largest absolute Gasteiger partial charge is 0.493 e. The Morgan fingerprint density at radius 2 is 2.11 bits per heavy atom. The van der Waals surface area contributed by atoms with Crippen molar-refractivity contribution in [3.05, 3.63) is 67.0 Å². The summed E-state index contributed by atoms with van der Waals surface area (Å²) in [6.07, 6.45) is 1.69. The summed E-state index contributed by atoms with van der Waals surface area (Å²) in [4.78, 5) is 23.0. The van der Waals surface area contributed by atoms with Crippen molar-refractivity contribution in [1.82, 2.24) is 5.32 Å². The number of ether oxygens (including phenoxy) is 2. The van der Waals surface area contributed by atoms with Gasteiger partial charge in [0.2, 0.25) is 0 Å². The third kappa shape index (κ3) is 4.51. The number of rotatable bonds is 6. The molecule has 0 bridgehead atoms. The summed E-state index contributed by atoms with van der Waals surface area (Å²) < 4.78 is 12.2. The number of nitro benzene ring substituents is 1. The van der Waals surface area contributed by atoms with Gasteiger partial charge in [-0.3, -0.25) is 14.9 Å². The highest BCUT2D eigenvalue weighted by Crippen LogP contribution is 2.39. The summed E-state index contributed by atoms with van der Waals surface area (Å²) in [5.41, 5.74) is 1.14. The van der Waals surface area contributed by atoms with Crippen LogP contribution in [0.15, 0.2) is 45.8 Å². The lowest BCUT2D eigenvalue weighted by Crippen LogP contribution is -2.17. The Morgan fingerprint density at radius 3 is 2.75 bits per heavy atom. The first kappa shape index (κ1) is 20.3. The van der Waals surface area contributed by atoms with Crippen molar-refractivity contribution in [2.45, 2.75) is 6.61 Å². The SMILES string of the molecule is COc1cc(/C=C2\SC(=S)NC2=O)cc(Br)c1OCc1ccccc1[N+](=O)[O-]. The molecule has 2 aromatic rings. The van der Waals surface area contributed by atoms with Crippen LogP contribution in [0.3, 0.4) is 0 Å². The predicted octanol–water partition coefficient (Wildman–Crippen LogP) is 4.43. The van der Waals surface area contributed by atoms with Gasteiger partial charge in [0.15, 0.2) is 11.5 Å². The molecule has 0 aromatic heterocycles. The standard InChI is InChI=1S/C18H13BrN2O5S2/c1-25-14-7-10(8-15-17(22)20-18(27)28-15)6-12(19)16(14)26-9-11-4-2-3-5-13(11)21(23)24/h2-8H,9H2,1H3,(H,20,22,27)/b15-8-. The van der Waals surface area contributed by atoms with E-state index in [1.807, 2.05) is 0 Å². The number of halogens is 1. The van der Waals surface area contributed by atoms with Gasteiger partial charge < -0.3 is 14.8 Å². The van der Waals surface area contributed by atoms with E-state index in [9.17, 15) is 14.9 Å². The molecule has 7 nitrogen and oxygen atoms in total. The van der Waals surface area contributed by atoms with Crippen LogP contribution in [-0.4, -0.2) is 22.3 Å². The Bertz CT molecular complexity index is 1010. The molecule has 0 spiro atoms. The van der Waals surface area contributed by atoms with Crippen LogP contribution in [0, 0.1) is 10.1 Å². The molecule has 1 amide bonds. The fourth-order valence-electron chi connectivity index (χ4n) is 2.50. The van der Waals surface area contributed by atoms with Crippen LogP contribution in [0.5, 0.6) is 11.5 Å². The minimum absolute atomic E-state index is 0.000915. The Morgan fingerprint density at radius 1 is 1.36 bits per heavy atom. The third-order valence-electron chi connectivity index (χ3n) is 3.75. The van der Waals surface area contributed by atoms with Crippen LogP contribution < -0.4 is 14.8 Å². The summed E-state index contributed by atoms with van der Waals surface area (Å²) in [5, 5.41) is 13.7. The highest BCUT2D eigenvalue weighted by atomic mass is 79.9. The predicted molar refractivity (Wildman–Crippen MR) is 114 cm³/mol. The lowest BCUT2D eigenvalue weighted by molar-refractivity contribution is -0.385. The van der Waals surface area contributed by atoms with E-state index in [0.29, 0.717) is 36.3 Å². The molecule has 144 valence electrons. The molecule has 0 unspecified atom stereocenters. The molecule has 28 heavy (non-hydrogen) atoms. The van der Waals surface area contributed by atoms with Gasteiger partial charge >= 0.3 is 0 Å². The molecule has 0 aliphatic carbocycles. The fraction of sp³-hybridized carbons (Fsp3) is 0.111. The Balaban J connectivity index is 1.87. The number of hydrogen-bond acceptors (Lipinski definition) is 7. The van der Waals surface area contributed by atoms with Gasteiger partial charge in [0.1, 0.15) is 10.9 Å². The molecule has 2 aromatic carbocycles. The number of thiocarbonyl (C=S) groups is 1. The highest BCUT2D eigenvalue weighted by molar-refractivity contribution is 9.10. The van der Waals surface area contributed by atoms with Crippen LogP contribution in [0.4, 0.5) is 5.69 Å². The molecule has 10 heteroatoms. The van der Waals surface area contributed by atoms with Crippen molar-refractivity contribution in [3.8, 4) is 11.5 Å². The van der Waals surface area contributed by atoms with Crippen molar-refractivity contribution >= 4 is 61.9 Å². The number of nitrogens with one attached hydrogen (secondary N) is 1. The molecule has 1 aliphatic rings. The second-order valence-electron chi connectivity index (χ2n) is 5.56.